The lowest BCUT2D eigenvalue weighted by Gasteiger charge is -2.26. The monoisotopic (exact) mass is 255 g/mol. The van der Waals surface area contributed by atoms with Gasteiger partial charge in [0, 0.05) is 19.4 Å². The number of rotatable bonds is 5. The molecule has 0 aliphatic carbocycles. The van der Waals surface area contributed by atoms with Crippen LogP contribution in [0.4, 0.5) is 0 Å². The van der Waals surface area contributed by atoms with Gasteiger partial charge in [0.2, 0.25) is 0 Å². The summed E-state index contributed by atoms with van der Waals surface area (Å²) in [5.41, 5.74) is 1.67. The van der Waals surface area contributed by atoms with Crippen molar-refractivity contribution in [3.63, 3.8) is 0 Å². The van der Waals surface area contributed by atoms with Crippen molar-refractivity contribution in [1.82, 2.24) is 15.1 Å². The van der Waals surface area contributed by atoms with E-state index >= 15 is 0 Å². The molecule has 1 aliphatic rings. The molecule has 94 valence electrons. The van der Waals surface area contributed by atoms with Crippen LogP contribution in [0.15, 0.2) is 0 Å². The molecule has 17 heavy (non-hydrogen) atoms. The van der Waals surface area contributed by atoms with E-state index in [-0.39, 0.29) is 5.78 Å². The van der Waals surface area contributed by atoms with E-state index in [1.54, 1.807) is 0 Å². The maximum Gasteiger partial charge on any atom is 0.139 e. The Labute approximate surface area is 106 Å². The lowest BCUT2D eigenvalue weighted by molar-refractivity contribution is -0.119. The number of carbonyl (C=O) groups is 1. The van der Waals surface area contributed by atoms with Gasteiger partial charge in [0.05, 0.1) is 16.4 Å². The summed E-state index contributed by atoms with van der Waals surface area (Å²) in [5, 5.41) is 8.13. The predicted molar refractivity (Wildman–Crippen MR) is 67.3 cm³/mol. The molecule has 1 N–H and O–H groups in total. The van der Waals surface area contributed by atoms with Gasteiger partial charge in [-0.2, -0.15) is 5.10 Å². The number of nitrogens with zero attached hydrogens (tertiary/aromatic N) is 2. The summed E-state index contributed by atoms with van der Waals surface area (Å²) in [7, 11) is 0. The van der Waals surface area contributed by atoms with Crippen molar-refractivity contribution in [3.8, 4) is 0 Å². The normalized spacial score (nSPS) is 15.9. The van der Waals surface area contributed by atoms with Crippen LogP contribution < -0.4 is 5.32 Å². The van der Waals surface area contributed by atoms with Crippen LogP contribution >= 0.6 is 11.6 Å². The fraction of sp³-hybridized carbons (Fsp3) is 0.667. The largest absolute Gasteiger partial charge is 0.316 e. The molecule has 2 rings (SSSR count). The molecule has 5 heteroatoms. The van der Waals surface area contributed by atoms with Gasteiger partial charge in [-0.05, 0) is 32.9 Å². The fourth-order valence-electron chi connectivity index (χ4n) is 2.11. The molecule has 0 aromatic carbocycles. The van der Waals surface area contributed by atoms with Gasteiger partial charge in [-0.1, -0.05) is 11.6 Å². The SMILES string of the molecule is CCn1nc(C)c(Cl)c1CC(=O)CC1CNC1. The number of nitrogens with one attached hydrogen (secondary N) is 1. The van der Waals surface area contributed by atoms with Crippen LogP contribution in [0.1, 0.15) is 24.7 Å². The second-order valence-corrected chi connectivity index (χ2v) is 4.98. The zero-order valence-corrected chi connectivity index (χ0v) is 11.0. The number of aryl methyl sites for hydroxylation is 2. The standard InChI is InChI=1S/C12H18ClN3O/c1-3-16-11(12(13)8(2)15-16)5-10(17)4-9-6-14-7-9/h9,14H,3-7H2,1-2H3. The van der Waals surface area contributed by atoms with E-state index < -0.39 is 0 Å². The summed E-state index contributed by atoms with van der Waals surface area (Å²) in [6.45, 7) is 6.56. The zero-order chi connectivity index (χ0) is 12.4. The van der Waals surface area contributed by atoms with E-state index in [1.807, 2.05) is 18.5 Å². The molecular formula is C12H18ClN3O. The first-order valence-electron chi connectivity index (χ1n) is 6.06. The van der Waals surface area contributed by atoms with Crippen LogP contribution in [0.3, 0.4) is 0 Å². The molecule has 0 spiro atoms. The second kappa shape index (κ2) is 5.19. The van der Waals surface area contributed by atoms with E-state index in [4.69, 9.17) is 11.6 Å². The number of halogens is 1. The Balaban J connectivity index is 2.03. The minimum atomic E-state index is 0.257. The van der Waals surface area contributed by atoms with Crippen LogP contribution in [0.2, 0.25) is 5.02 Å². The molecule has 1 fully saturated rings. The van der Waals surface area contributed by atoms with Crippen LogP contribution in [0.25, 0.3) is 0 Å². The number of hydrogen-bond donors (Lipinski definition) is 1. The number of Topliss-reactive ketones (excluding diaryl/α,β-unsaturated/α-hetero) is 1. The van der Waals surface area contributed by atoms with E-state index in [1.165, 1.54) is 0 Å². The lowest BCUT2D eigenvalue weighted by atomic mass is 9.95. The first-order chi connectivity index (χ1) is 8.11. The summed E-state index contributed by atoms with van der Waals surface area (Å²) in [6.07, 6.45) is 1.06. The van der Waals surface area contributed by atoms with Gasteiger partial charge in [0.1, 0.15) is 5.78 Å². The average molecular weight is 256 g/mol. The van der Waals surface area contributed by atoms with Crippen molar-refractivity contribution in [2.24, 2.45) is 5.92 Å². The molecule has 4 nitrogen and oxygen atoms in total. The molecule has 0 unspecified atom stereocenters. The van der Waals surface area contributed by atoms with E-state index in [0.29, 0.717) is 23.8 Å². The van der Waals surface area contributed by atoms with Crippen LogP contribution in [-0.2, 0) is 17.8 Å². The van der Waals surface area contributed by atoms with Gasteiger partial charge in [-0.3, -0.25) is 9.48 Å². The van der Waals surface area contributed by atoms with Crippen molar-refractivity contribution in [2.45, 2.75) is 33.2 Å². The van der Waals surface area contributed by atoms with Crippen molar-refractivity contribution in [1.29, 1.82) is 0 Å². The molecule has 0 radical (unpaired) electrons. The van der Waals surface area contributed by atoms with E-state index in [2.05, 4.69) is 10.4 Å². The van der Waals surface area contributed by atoms with Gasteiger partial charge in [-0.15, -0.1) is 0 Å². The molecule has 1 aromatic heterocycles. The Morgan fingerprint density at radius 2 is 2.29 bits per heavy atom. The number of aromatic nitrogens is 2. The Kier molecular flexibility index (Phi) is 3.84. The van der Waals surface area contributed by atoms with Gasteiger partial charge in [0.15, 0.2) is 0 Å². The average Bonchev–Trinajstić information content (AvgIpc) is 2.51. The quantitative estimate of drug-likeness (QED) is 0.869. The molecule has 0 bridgehead atoms. The van der Waals surface area contributed by atoms with Gasteiger partial charge < -0.3 is 5.32 Å². The van der Waals surface area contributed by atoms with Crippen molar-refractivity contribution < 1.29 is 4.79 Å². The third-order valence-corrected chi connectivity index (χ3v) is 3.69. The van der Waals surface area contributed by atoms with Crippen molar-refractivity contribution in [2.75, 3.05) is 13.1 Å². The Hall–Kier alpha value is -0.870. The van der Waals surface area contributed by atoms with Gasteiger partial charge >= 0.3 is 0 Å². The van der Waals surface area contributed by atoms with Crippen molar-refractivity contribution in [3.05, 3.63) is 16.4 Å². The zero-order valence-electron chi connectivity index (χ0n) is 10.3. The molecule has 1 aliphatic heterocycles. The smallest absolute Gasteiger partial charge is 0.139 e. The number of carbonyl (C=O) groups excluding carboxylic acids is 1. The highest BCUT2D eigenvalue weighted by Gasteiger charge is 2.22. The minimum absolute atomic E-state index is 0.257. The predicted octanol–water partition coefficient (Wildman–Crippen LogP) is 1.59. The third-order valence-electron chi connectivity index (χ3n) is 3.20. The summed E-state index contributed by atoms with van der Waals surface area (Å²) in [5.74, 6) is 0.772. The Morgan fingerprint density at radius 3 is 2.82 bits per heavy atom. The van der Waals surface area contributed by atoms with Crippen LogP contribution in [0, 0.1) is 12.8 Å². The minimum Gasteiger partial charge on any atom is -0.316 e. The molecule has 2 heterocycles. The third kappa shape index (κ3) is 2.69. The van der Waals surface area contributed by atoms with Crippen LogP contribution in [-0.4, -0.2) is 28.7 Å². The first kappa shape index (κ1) is 12.6. The summed E-state index contributed by atoms with van der Waals surface area (Å²) >= 11 is 6.17. The molecule has 1 saturated heterocycles. The summed E-state index contributed by atoms with van der Waals surface area (Å²) < 4.78 is 1.83. The molecule has 0 atom stereocenters. The maximum atomic E-state index is 11.9. The van der Waals surface area contributed by atoms with Crippen LogP contribution in [0.5, 0.6) is 0 Å². The lowest BCUT2D eigenvalue weighted by Crippen LogP contribution is -2.43. The maximum absolute atomic E-state index is 11.9. The van der Waals surface area contributed by atoms with E-state index in [0.717, 1.165) is 31.0 Å². The molecule has 0 saturated carbocycles. The fourth-order valence-corrected chi connectivity index (χ4v) is 2.31. The highest BCUT2D eigenvalue weighted by molar-refractivity contribution is 6.32. The number of ketones is 1. The van der Waals surface area contributed by atoms with Crippen molar-refractivity contribution >= 4 is 17.4 Å². The Morgan fingerprint density at radius 1 is 1.59 bits per heavy atom. The summed E-state index contributed by atoms with van der Waals surface area (Å²) in [4.78, 5) is 11.9. The van der Waals surface area contributed by atoms with Gasteiger partial charge in [-0.25, -0.2) is 0 Å². The van der Waals surface area contributed by atoms with E-state index in [9.17, 15) is 4.79 Å². The highest BCUT2D eigenvalue weighted by Crippen LogP contribution is 2.22. The Bertz CT molecular complexity index is 424. The number of hydrogen-bond acceptors (Lipinski definition) is 3. The molecule has 0 amide bonds. The molecular weight excluding hydrogens is 238 g/mol. The highest BCUT2D eigenvalue weighted by atomic mass is 35.5. The summed E-state index contributed by atoms with van der Waals surface area (Å²) in [6, 6.07) is 0. The molecule has 1 aromatic rings. The first-order valence-corrected chi connectivity index (χ1v) is 6.43. The second-order valence-electron chi connectivity index (χ2n) is 4.61. The topological polar surface area (TPSA) is 46.9 Å². The van der Waals surface area contributed by atoms with Gasteiger partial charge in [0.25, 0.3) is 0 Å².